The van der Waals surface area contributed by atoms with Gasteiger partial charge in [0.15, 0.2) is 0 Å². The first kappa shape index (κ1) is 34.2. The number of rotatable bonds is 12. The van der Waals surface area contributed by atoms with Crippen LogP contribution in [0.2, 0.25) is 0 Å². The molecule has 8 nitrogen and oxygen atoms in total. The summed E-state index contributed by atoms with van der Waals surface area (Å²) in [6, 6.07) is 11.2. The molecule has 0 saturated carbocycles. The Labute approximate surface area is 251 Å². The third-order valence-corrected chi connectivity index (χ3v) is 7.15. The molecule has 0 saturated heterocycles. The number of phenols is 1. The Morgan fingerprint density at radius 2 is 1.62 bits per heavy atom. The molecule has 0 aliphatic rings. The average molecular weight is 578 g/mol. The van der Waals surface area contributed by atoms with E-state index >= 15 is 0 Å². The molecule has 228 valence electrons. The van der Waals surface area contributed by atoms with Crippen LogP contribution in [0, 0.1) is 12.3 Å². The Balaban J connectivity index is 2.72. The van der Waals surface area contributed by atoms with Crippen molar-refractivity contribution in [1.29, 1.82) is 0 Å². The molecule has 0 aliphatic heterocycles. The number of ether oxygens (including phenoxy) is 1. The lowest BCUT2D eigenvalue weighted by Gasteiger charge is -2.45. The SMILES string of the molecule is C#Cc1ccccc1C(C(=O)NC(C)CCC)N(C(=O)C(Cc1ccc(O)cc1)NC(=O)OC(C)(C)C)C(C)(C)CC. The van der Waals surface area contributed by atoms with E-state index in [1.807, 2.05) is 34.6 Å². The van der Waals surface area contributed by atoms with Crippen LogP contribution in [0.5, 0.6) is 5.75 Å². The van der Waals surface area contributed by atoms with Gasteiger partial charge in [-0.2, -0.15) is 0 Å². The van der Waals surface area contributed by atoms with Crippen molar-refractivity contribution in [1.82, 2.24) is 15.5 Å². The molecule has 3 amide bonds. The number of nitrogens with one attached hydrogen (secondary N) is 2. The second-order valence-corrected chi connectivity index (χ2v) is 12.3. The van der Waals surface area contributed by atoms with Crippen molar-refractivity contribution in [3.63, 3.8) is 0 Å². The van der Waals surface area contributed by atoms with E-state index in [1.54, 1.807) is 62.1 Å². The molecule has 0 heterocycles. The van der Waals surface area contributed by atoms with E-state index in [1.165, 1.54) is 12.1 Å². The molecule has 0 aliphatic carbocycles. The highest BCUT2D eigenvalue weighted by molar-refractivity contribution is 5.93. The summed E-state index contributed by atoms with van der Waals surface area (Å²) in [5.74, 6) is 1.94. The summed E-state index contributed by atoms with van der Waals surface area (Å²) in [6.07, 6.45) is 7.39. The number of alkyl carbamates (subject to hydrolysis) is 1. The van der Waals surface area contributed by atoms with Crippen LogP contribution < -0.4 is 10.6 Å². The van der Waals surface area contributed by atoms with E-state index in [-0.39, 0.29) is 24.1 Å². The number of hydrogen-bond acceptors (Lipinski definition) is 5. The number of carbonyl (C=O) groups excluding carboxylic acids is 3. The van der Waals surface area contributed by atoms with Crippen LogP contribution in [-0.2, 0) is 20.7 Å². The number of aromatic hydroxyl groups is 1. The number of nitrogens with zero attached hydrogens (tertiary/aromatic N) is 1. The third kappa shape index (κ3) is 9.54. The number of terminal acetylenes is 1. The van der Waals surface area contributed by atoms with Gasteiger partial charge in [0, 0.05) is 23.6 Å². The highest BCUT2D eigenvalue weighted by Crippen LogP contribution is 2.34. The van der Waals surface area contributed by atoms with Crippen molar-refractivity contribution >= 4 is 17.9 Å². The van der Waals surface area contributed by atoms with Crippen molar-refractivity contribution in [2.75, 3.05) is 0 Å². The van der Waals surface area contributed by atoms with Gasteiger partial charge in [-0.05, 0) is 83.7 Å². The zero-order valence-electron chi connectivity index (χ0n) is 26.3. The van der Waals surface area contributed by atoms with E-state index in [9.17, 15) is 19.5 Å². The predicted molar refractivity (Wildman–Crippen MR) is 166 cm³/mol. The summed E-state index contributed by atoms with van der Waals surface area (Å²) in [4.78, 5) is 43.4. The first-order valence-corrected chi connectivity index (χ1v) is 14.6. The maximum Gasteiger partial charge on any atom is 0.408 e. The van der Waals surface area contributed by atoms with Gasteiger partial charge in [-0.3, -0.25) is 9.59 Å². The van der Waals surface area contributed by atoms with Gasteiger partial charge >= 0.3 is 6.09 Å². The first-order chi connectivity index (χ1) is 19.6. The summed E-state index contributed by atoms with van der Waals surface area (Å²) in [6.45, 7) is 14.9. The number of carbonyl (C=O) groups is 3. The number of benzene rings is 2. The molecule has 0 spiro atoms. The lowest BCUT2D eigenvalue weighted by molar-refractivity contribution is -0.149. The van der Waals surface area contributed by atoms with E-state index in [4.69, 9.17) is 11.2 Å². The molecule has 0 aromatic heterocycles. The van der Waals surface area contributed by atoms with Crippen LogP contribution in [0.3, 0.4) is 0 Å². The van der Waals surface area contributed by atoms with Crippen LogP contribution in [0.15, 0.2) is 48.5 Å². The van der Waals surface area contributed by atoms with Crippen molar-refractivity contribution in [3.05, 3.63) is 65.2 Å². The minimum absolute atomic E-state index is 0.0827. The molecule has 0 bridgehead atoms. The largest absolute Gasteiger partial charge is 0.508 e. The van der Waals surface area contributed by atoms with Crippen LogP contribution >= 0.6 is 0 Å². The van der Waals surface area contributed by atoms with Gasteiger partial charge in [0.25, 0.3) is 0 Å². The van der Waals surface area contributed by atoms with Gasteiger partial charge in [0.2, 0.25) is 11.8 Å². The second kappa shape index (κ2) is 14.8. The van der Waals surface area contributed by atoms with E-state index in [0.29, 0.717) is 23.1 Å². The van der Waals surface area contributed by atoms with Gasteiger partial charge < -0.3 is 25.4 Å². The zero-order chi connectivity index (χ0) is 31.7. The Morgan fingerprint density at radius 3 is 2.17 bits per heavy atom. The monoisotopic (exact) mass is 577 g/mol. The van der Waals surface area contributed by atoms with Gasteiger partial charge in [0.1, 0.15) is 23.4 Å². The van der Waals surface area contributed by atoms with Crippen LogP contribution in [0.25, 0.3) is 0 Å². The summed E-state index contributed by atoms with van der Waals surface area (Å²) < 4.78 is 5.51. The van der Waals surface area contributed by atoms with E-state index < -0.39 is 35.2 Å². The minimum Gasteiger partial charge on any atom is -0.508 e. The molecule has 0 radical (unpaired) electrons. The molecule has 2 rings (SSSR count). The van der Waals surface area contributed by atoms with Crippen LogP contribution in [0.1, 0.15) is 97.4 Å². The van der Waals surface area contributed by atoms with Gasteiger partial charge in [-0.1, -0.05) is 56.5 Å². The Morgan fingerprint density at radius 1 is 1.00 bits per heavy atom. The second-order valence-electron chi connectivity index (χ2n) is 12.3. The average Bonchev–Trinajstić information content (AvgIpc) is 2.91. The molecule has 3 N–H and O–H groups in total. The summed E-state index contributed by atoms with van der Waals surface area (Å²) in [5, 5.41) is 15.6. The number of phenolic OH excluding ortho intramolecular Hbond substituents is 1. The molecule has 2 aromatic rings. The standard InChI is InChI=1S/C34H47N3O5/c1-10-15-23(4)35-30(39)29(27-17-14-13-16-25(27)11-2)37(34(8,9)12-3)31(40)28(36-32(41)42-33(5,6)7)22-24-18-20-26(38)21-19-24/h2,13-14,16-21,23,28-29,38H,10,12,15,22H2,1,3-9H3,(H,35,39)(H,36,41). The van der Waals surface area contributed by atoms with Crippen molar-refractivity contribution in [2.24, 2.45) is 0 Å². The normalized spacial score (nSPS) is 13.7. The van der Waals surface area contributed by atoms with Crippen molar-refractivity contribution < 1.29 is 24.2 Å². The maximum atomic E-state index is 14.7. The Bertz CT molecular complexity index is 1260. The highest BCUT2D eigenvalue weighted by atomic mass is 16.6. The van der Waals surface area contributed by atoms with E-state index in [0.717, 1.165) is 12.8 Å². The molecular formula is C34H47N3O5. The molecule has 8 heteroatoms. The fourth-order valence-electron chi connectivity index (χ4n) is 4.72. The fraction of sp³-hybridized carbons (Fsp3) is 0.500. The summed E-state index contributed by atoms with van der Waals surface area (Å²) in [7, 11) is 0. The van der Waals surface area contributed by atoms with Gasteiger partial charge in [-0.25, -0.2) is 4.79 Å². The lowest BCUT2D eigenvalue weighted by atomic mass is 9.89. The number of hydrogen-bond donors (Lipinski definition) is 3. The van der Waals surface area contributed by atoms with Gasteiger partial charge in [0.05, 0.1) is 0 Å². The minimum atomic E-state index is -1.09. The Kier molecular flexibility index (Phi) is 12.0. The quantitative estimate of drug-likeness (QED) is 0.273. The maximum absolute atomic E-state index is 14.7. The highest BCUT2D eigenvalue weighted by Gasteiger charge is 2.44. The molecular weight excluding hydrogens is 530 g/mol. The van der Waals surface area contributed by atoms with E-state index in [2.05, 4.69) is 16.6 Å². The molecule has 0 fully saturated rings. The summed E-state index contributed by atoms with van der Waals surface area (Å²) >= 11 is 0. The molecule has 3 unspecified atom stereocenters. The lowest BCUT2D eigenvalue weighted by Crippen LogP contribution is -2.60. The van der Waals surface area contributed by atoms with Gasteiger partial charge in [-0.15, -0.1) is 6.42 Å². The summed E-state index contributed by atoms with van der Waals surface area (Å²) in [5.41, 5.74) is 0.121. The van der Waals surface area contributed by atoms with Crippen molar-refractivity contribution in [3.8, 4) is 18.1 Å². The third-order valence-electron chi connectivity index (χ3n) is 7.15. The topological polar surface area (TPSA) is 108 Å². The fourth-order valence-corrected chi connectivity index (χ4v) is 4.72. The van der Waals surface area contributed by atoms with Crippen molar-refractivity contribution in [2.45, 2.75) is 110 Å². The first-order valence-electron chi connectivity index (χ1n) is 14.6. The van der Waals surface area contributed by atoms with Crippen LogP contribution in [0.4, 0.5) is 4.79 Å². The Hall–Kier alpha value is -3.99. The smallest absolute Gasteiger partial charge is 0.408 e. The molecule has 42 heavy (non-hydrogen) atoms. The molecule has 2 aromatic carbocycles. The van der Waals surface area contributed by atoms with Crippen LogP contribution in [-0.4, -0.2) is 51.1 Å². The molecule has 3 atom stereocenters. The zero-order valence-corrected chi connectivity index (χ0v) is 26.3. The predicted octanol–water partition coefficient (Wildman–Crippen LogP) is 5.87. The number of amides is 3.